The minimum Gasteiger partial charge on any atom is -0.126 e. The second kappa shape index (κ2) is 8.60. The summed E-state index contributed by atoms with van der Waals surface area (Å²) in [6.07, 6.45) is 7.84. The van der Waals surface area contributed by atoms with Crippen LogP contribution in [0.3, 0.4) is 0 Å². The van der Waals surface area contributed by atoms with E-state index in [0.29, 0.717) is 0 Å². The lowest BCUT2D eigenvalue weighted by atomic mass is 10.1. The lowest BCUT2D eigenvalue weighted by molar-refractivity contribution is 0.624. The predicted octanol–water partition coefficient (Wildman–Crippen LogP) is 3.77. The first-order valence-corrected chi connectivity index (χ1v) is 11.8. The Kier molecular flexibility index (Phi) is 9.46. The van der Waals surface area contributed by atoms with Crippen molar-refractivity contribution in [3.8, 4) is 0 Å². The van der Waals surface area contributed by atoms with Crippen molar-refractivity contribution in [2.75, 3.05) is 0 Å². The first-order chi connectivity index (χ1) is 6.06. The zero-order valence-corrected chi connectivity index (χ0v) is 13.6. The number of unbranched alkanes of at least 4 members (excludes halogenated alkanes) is 5. The van der Waals surface area contributed by atoms with Crippen molar-refractivity contribution in [3.05, 3.63) is 0 Å². The topological polar surface area (TPSA) is 0 Å². The van der Waals surface area contributed by atoms with Gasteiger partial charge in [-0.05, 0) is 6.04 Å². The van der Waals surface area contributed by atoms with E-state index >= 15 is 0 Å². The summed E-state index contributed by atoms with van der Waals surface area (Å²) < 4.78 is 0. The Labute approximate surface area is 99.9 Å². The maximum absolute atomic E-state index is 5.77. The summed E-state index contributed by atoms with van der Waals surface area (Å²) in [5, 5.41) is 0. The van der Waals surface area contributed by atoms with Crippen LogP contribution in [0.5, 0.6) is 0 Å². The molecule has 0 unspecified atom stereocenters. The molecule has 0 aromatic rings. The summed E-state index contributed by atoms with van der Waals surface area (Å²) in [5.41, 5.74) is 0. The zero-order valence-electron chi connectivity index (χ0n) is 8.29. The third kappa shape index (κ3) is 13.3. The molecule has 0 radical (unpaired) electrons. The molecule has 0 aliphatic heterocycles. The predicted molar refractivity (Wildman–Crippen MR) is 70.6 cm³/mol. The van der Waals surface area contributed by atoms with Crippen LogP contribution in [0.15, 0.2) is 0 Å². The molecule has 0 amide bonds. The van der Waals surface area contributed by atoms with Gasteiger partial charge in [0, 0.05) is 10.2 Å². The molecule has 13 heavy (non-hydrogen) atoms. The van der Waals surface area contributed by atoms with Crippen LogP contribution in [-0.2, 0) is 0 Å². The van der Waals surface area contributed by atoms with Gasteiger partial charge < -0.3 is 0 Å². The summed E-state index contributed by atoms with van der Waals surface area (Å²) in [6.45, 7) is 0. The van der Waals surface area contributed by atoms with Crippen molar-refractivity contribution in [2.24, 2.45) is 0 Å². The smallest absolute Gasteiger partial charge is 0.126 e. The molecule has 5 heteroatoms. The van der Waals surface area contributed by atoms with E-state index in [0.717, 1.165) is 12.5 Å². The van der Waals surface area contributed by atoms with Crippen LogP contribution in [-0.4, -0.2) is 16.2 Å². The summed E-state index contributed by atoms with van der Waals surface area (Å²) in [4.78, 5) is 0. The van der Waals surface area contributed by atoms with E-state index in [1.165, 1.54) is 48.4 Å². The molecule has 0 spiro atoms. The van der Waals surface area contributed by atoms with Crippen molar-refractivity contribution >= 4 is 49.5 Å². The van der Waals surface area contributed by atoms with Gasteiger partial charge in [0.05, 0.1) is 0 Å². The van der Waals surface area contributed by atoms with E-state index in [9.17, 15) is 0 Å². The molecule has 0 atom stereocenters. The first kappa shape index (κ1) is 14.3. The molecule has 80 valence electrons. The highest BCUT2D eigenvalue weighted by molar-refractivity contribution is 7.64. The Hall–Kier alpha value is 1.30. The summed E-state index contributed by atoms with van der Waals surface area (Å²) in [6, 6.07) is -0.0332. The third-order valence-electron chi connectivity index (χ3n) is 2.06. The zero-order chi connectivity index (χ0) is 10.2. The third-order valence-corrected chi connectivity index (χ3v) is 5.39. The van der Waals surface area contributed by atoms with Crippen molar-refractivity contribution in [1.82, 2.24) is 0 Å². The number of hydrogen-bond acceptors (Lipinski definition) is 0. The Bertz CT molecular complexity index is 114. The molecule has 0 bridgehead atoms. The Morgan fingerprint density at radius 3 is 1.69 bits per heavy atom. The Balaban J connectivity index is 3.00. The highest BCUT2D eigenvalue weighted by Gasteiger charge is 2.23. The fourth-order valence-corrected chi connectivity index (χ4v) is 3.64. The van der Waals surface area contributed by atoms with Crippen molar-refractivity contribution in [2.45, 2.75) is 50.6 Å². The largest absolute Gasteiger partial charge is 0.341 e. The fourth-order valence-electron chi connectivity index (χ4n) is 1.28. The van der Waals surface area contributed by atoms with E-state index in [-0.39, 0.29) is 0 Å². The number of hydrogen-bond donors (Lipinski definition) is 0. The highest BCUT2D eigenvalue weighted by Crippen LogP contribution is 2.27. The molecule has 0 aromatic heterocycles. The average molecular weight is 278 g/mol. The van der Waals surface area contributed by atoms with Gasteiger partial charge in [-0.3, -0.25) is 0 Å². The quantitative estimate of drug-likeness (QED) is 0.360. The van der Waals surface area contributed by atoms with Gasteiger partial charge in [0.25, 0.3) is 0 Å². The molecule has 0 fully saturated rings. The molecule has 0 aliphatic carbocycles. The molecular formula is C8H19Cl3Si2. The molecule has 0 heterocycles. The normalized spacial score (nSPS) is 12.2. The van der Waals surface area contributed by atoms with E-state index in [1.54, 1.807) is 0 Å². The van der Waals surface area contributed by atoms with Crippen LogP contribution in [0.2, 0.25) is 12.1 Å². The molecule has 0 aliphatic rings. The van der Waals surface area contributed by atoms with Gasteiger partial charge in [-0.2, -0.15) is 0 Å². The lowest BCUT2D eigenvalue weighted by Crippen LogP contribution is -2.07. The number of halogens is 3. The van der Waals surface area contributed by atoms with Gasteiger partial charge in [-0.15, -0.1) is 33.2 Å². The van der Waals surface area contributed by atoms with Gasteiger partial charge in [0.1, 0.15) is 0 Å². The van der Waals surface area contributed by atoms with Crippen LogP contribution in [0.1, 0.15) is 38.5 Å². The maximum atomic E-state index is 5.77. The molecule has 0 nitrogen and oxygen atoms in total. The van der Waals surface area contributed by atoms with Crippen molar-refractivity contribution in [3.63, 3.8) is 0 Å². The molecule has 0 saturated carbocycles. The molecule has 0 rings (SSSR count). The van der Waals surface area contributed by atoms with Crippen LogP contribution in [0, 0.1) is 0 Å². The Morgan fingerprint density at radius 2 is 1.23 bits per heavy atom. The monoisotopic (exact) mass is 276 g/mol. The van der Waals surface area contributed by atoms with Crippen LogP contribution < -0.4 is 0 Å². The van der Waals surface area contributed by atoms with Gasteiger partial charge in [-0.25, -0.2) is 0 Å². The first-order valence-electron chi connectivity index (χ1n) is 5.13. The molecular weight excluding hydrogens is 259 g/mol. The number of rotatable bonds is 8. The van der Waals surface area contributed by atoms with E-state index in [4.69, 9.17) is 33.2 Å². The van der Waals surface area contributed by atoms with Crippen molar-refractivity contribution < 1.29 is 0 Å². The second-order valence-corrected chi connectivity index (χ2v) is 13.8. The molecule has 0 N–H and O–H groups in total. The van der Waals surface area contributed by atoms with Gasteiger partial charge in [-0.1, -0.05) is 44.6 Å². The minimum atomic E-state index is -2.31. The standard InChI is InChI=1S/C8H19Cl3Si2/c9-13(10,11)8-6-4-2-1-3-5-7-12/h1-8H2,12H3. The lowest BCUT2D eigenvalue weighted by Gasteiger charge is -2.06. The van der Waals surface area contributed by atoms with E-state index in [2.05, 4.69) is 0 Å². The van der Waals surface area contributed by atoms with Crippen molar-refractivity contribution in [1.29, 1.82) is 0 Å². The average Bonchev–Trinajstić information content (AvgIpc) is 2.01. The fraction of sp³-hybridized carbons (Fsp3) is 1.00. The van der Waals surface area contributed by atoms with E-state index in [1.807, 2.05) is 0 Å². The highest BCUT2D eigenvalue weighted by atomic mass is 35.8. The SMILES string of the molecule is [SiH3]CCCCCCCC[Si](Cl)(Cl)Cl. The van der Waals surface area contributed by atoms with Crippen LogP contribution in [0.25, 0.3) is 0 Å². The van der Waals surface area contributed by atoms with Crippen LogP contribution in [0.4, 0.5) is 0 Å². The molecule has 0 saturated heterocycles. The van der Waals surface area contributed by atoms with Crippen LogP contribution >= 0.6 is 33.2 Å². The maximum Gasteiger partial charge on any atom is 0.341 e. The molecule has 0 aromatic carbocycles. The van der Waals surface area contributed by atoms with Gasteiger partial charge in [0.15, 0.2) is 0 Å². The minimum absolute atomic E-state index is 0.832. The summed E-state index contributed by atoms with van der Waals surface area (Å²) in [5.74, 6) is 0. The van der Waals surface area contributed by atoms with Gasteiger partial charge >= 0.3 is 6.00 Å². The Morgan fingerprint density at radius 1 is 0.769 bits per heavy atom. The summed E-state index contributed by atoms with van der Waals surface area (Å²) >= 11 is 17.3. The summed E-state index contributed by atoms with van der Waals surface area (Å²) in [7, 11) is 1.36. The van der Waals surface area contributed by atoms with E-state index < -0.39 is 6.00 Å². The van der Waals surface area contributed by atoms with Gasteiger partial charge in [0.2, 0.25) is 0 Å². The second-order valence-electron chi connectivity index (χ2n) is 3.49.